The third kappa shape index (κ3) is 7.07. The van der Waals surface area contributed by atoms with Crippen LogP contribution in [0.5, 0.6) is 5.75 Å². The minimum atomic E-state index is 0. The van der Waals surface area contributed by atoms with Crippen LogP contribution in [0.1, 0.15) is 30.3 Å². The lowest BCUT2D eigenvalue weighted by molar-refractivity contribution is 0.359. The molecule has 0 bridgehead atoms. The molecule has 0 saturated carbocycles. The summed E-state index contributed by atoms with van der Waals surface area (Å²) in [7, 11) is 0. The van der Waals surface area contributed by atoms with Crippen LogP contribution < -0.4 is 15.4 Å². The fourth-order valence-corrected chi connectivity index (χ4v) is 2.96. The van der Waals surface area contributed by atoms with Crippen molar-refractivity contribution in [2.24, 2.45) is 4.99 Å². The maximum atomic E-state index is 5.69. The van der Waals surface area contributed by atoms with Gasteiger partial charge in [-0.15, -0.1) is 35.3 Å². The summed E-state index contributed by atoms with van der Waals surface area (Å²) in [5.74, 6) is 1.65. The Bertz CT molecular complexity index is 658. The maximum absolute atomic E-state index is 5.69. The number of nitrogens with one attached hydrogen (secondary N) is 2. The molecular weight excluding hydrogens is 445 g/mol. The zero-order valence-electron chi connectivity index (χ0n) is 14.7. The molecule has 2 aromatic rings. The second kappa shape index (κ2) is 11.9. The predicted molar refractivity (Wildman–Crippen MR) is 118 cm³/mol. The summed E-state index contributed by atoms with van der Waals surface area (Å²) in [6.07, 6.45) is 1.74. The average molecular weight is 471 g/mol. The molecule has 1 aromatic carbocycles. The Balaban J connectivity index is 0.00000312. The van der Waals surface area contributed by atoms with Crippen LogP contribution in [0, 0.1) is 0 Å². The minimum absolute atomic E-state index is 0. The summed E-state index contributed by atoms with van der Waals surface area (Å²) in [5.41, 5.74) is 1.06. The van der Waals surface area contributed by atoms with Crippen LogP contribution in [0.2, 0.25) is 0 Å². The summed E-state index contributed by atoms with van der Waals surface area (Å²) < 4.78 is 5.69. The van der Waals surface area contributed by atoms with Gasteiger partial charge in [0.05, 0.1) is 12.6 Å². The number of thiophene rings is 1. The van der Waals surface area contributed by atoms with E-state index in [9.17, 15) is 0 Å². The molecule has 1 aromatic heterocycles. The lowest BCUT2D eigenvalue weighted by atomic mass is 10.2. The number of benzene rings is 1. The van der Waals surface area contributed by atoms with Crippen molar-refractivity contribution in [3.8, 4) is 5.75 Å². The first-order valence-corrected chi connectivity index (χ1v) is 9.02. The van der Waals surface area contributed by atoms with Gasteiger partial charge in [0.2, 0.25) is 0 Å². The summed E-state index contributed by atoms with van der Waals surface area (Å²) in [6, 6.07) is 12.4. The van der Waals surface area contributed by atoms with E-state index in [0.717, 1.165) is 23.8 Å². The molecule has 2 N–H and O–H groups in total. The van der Waals surface area contributed by atoms with Crippen LogP contribution in [0.3, 0.4) is 0 Å². The monoisotopic (exact) mass is 471 g/mol. The predicted octanol–water partition coefficient (Wildman–Crippen LogP) is 4.75. The smallest absolute Gasteiger partial charge is 0.192 e. The van der Waals surface area contributed by atoms with Crippen molar-refractivity contribution in [1.82, 2.24) is 10.6 Å². The van der Waals surface area contributed by atoms with Crippen LogP contribution in [-0.4, -0.2) is 19.1 Å². The van der Waals surface area contributed by atoms with Gasteiger partial charge in [-0.3, -0.25) is 0 Å². The second-order valence-corrected chi connectivity index (χ2v) is 6.26. The zero-order valence-corrected chi connectivity index (χ0v) is 17.8. The van der Waals surface area contributed by atoms with E-state index < -0.39 is 0 Å². The lowest BCUT2D eigenvalue weighted by Crippen LogP contribution is -2.38. The Morgan fingerprint density at radius 3 is 2.80 bits per heavy atom. The van der Waals surface area contributed by atoms with Crippen molar-refractivity contribution in [2.45, 2.75) is 26.4 Å². The molecule has 0 saturated heterocycles. The van der Waals surface area contributed by atoms with E-state index in [0.29, 0.717) is 13.2 Å². The molecule has 1 unspecified atom stereocenters. The van der Waals surface area contributed by atoms with Gasteiger partial charge < -0.3 is 15.4 Å². The van der Waals surface area contributed by atoms with Crippen LogP contribution in [-0.2, 0) is 6.54 Å². The first-order chi connectivity index (χ1) is 11.7. The van der Waals surface area contributed by atoms with Gasteiger partial charge in [-0.1, -0.05) is 36.9 Å². The highest BCUT2D eigenvalue weighted by molar-refractivity contribution is 14.0. The summed E-state index contributed by atoms with van der Waals surface area (Å²) in [6.45, 7) is 9.76. The molecule has 0 fully saturated rings. The molecule has 136 valence electrons. The number of para-hydroxylation sites is 1. The van der Waals surface area contributed by atoms with Crippen LogP contribution in [0.25, 0.3) is 0 Å². The SMILES string of the molecule is C=CCOc1ccccc1CN=C(NCC)NC(C)c1cccs1.I. The maximum Gasteiger partial charge on any atom is 0.192 e. The number of halogens is 1. The summed E-state index contributed by atoms with van der Waals surface area (Å²) >= 11 is 1.74. The number of rotatable bonds is 8. The number of nitrogens with zero attached hydrogens (tertiary/aromatic N) is 1. The van der Waals surface area contributed by atoms with Gasteiger partial charge in [0, 0.05) is 17.0 Å². The molecule has 0 radical (unpaired) electrons. The van der Waals surface area contributed by atoms with Crippen molar-refractivity contribution in [1.29, 1.82) is 0 Å². The molecule has 4 nitrogen and oxygen atoms in total. The van der Waals surface area contributed by atoms with Crippen LogP contribution in [0.15, 0.2) is 59.4 Å². The normalized spacial score (nSPS) is 12.0. The van der Waals surface area contributed by atoms with Gasteiger partial charge in [-0.05, 0) is 31.4 Å². The molecule has 0 aliphatic carbocycles. The lowest BCUT2D eigenvalue weighted by Gasteiger charge is -2.17. The van der Waals surface area contributed by atoms with Crippen molar-refractivity contribution in [3.05, 3.63) is 64.9 Å². The van der Waals surface area contributed by atoms with E-state index in [-0.39, 0.29) is 30.0 Å². The van der Waals surface area contributed by atoms with E-state index in [1.807, 2.05) is 24.3 Å². The first kappa shape index (κ1) is 21.5. The zero-order chi connectivity index (χ0) is 17.2. The first-order valence-electron chi connectivity index (χ1n) is 8.14. The third-order valence-corrected chi connectivity index (χ3v) is 4.46. The van der Waals surface area contributed by atoms with E-state index in [1.54, 1.807) is 17.4 Å². The molecule has 0 aliphatic rings. The Labute approximate surface area is 171 Å². The van der Waals surface area contributed by atoms with E-state index in [1.165, 1.54) is 4.88 Å². The molecular formula is C19H26IN3OS. The Morgan fingerprint density at radius 2 is 2.12 bits per heavy atom. The van der Waals surface area contributed by atoms with Gasteiger partial charge in [0.1, 0.15) is 12.4 Å². The molecule has 0 spiro atoms. The van der Waals surface area contributed by atoms with Gasteiger partial charge in [0.25, 0.3) is 0 Å². The minimum Gasteiger partial charge on any atom is -0.489 e. The van der Waals surface area contributed by atoms with Crippen LogP contribution >= 0.6 is 35.3 Å². The highest BCUT2D eigenvalue weighted by atomic mass is 127. The number of aliphatic imine (C=N–C) groups is 1. The van der Waals surface area contributed by atoms with Gasteiger partial charge >= 0.3 is 0 Å². The quantitative estimate of drug-likeness (QED) is 0.253. The van der Waals surface area contributed by atoms with Crippen molar-refractivity contribution in [3.63, 3.8) is 0 Å². The molecule has 1 atom stereocenters. The Morgan fingerprint density at radius 1 is 1.32 bits per heavy atom. The van der Waals surface area contributed by atoms with E-state index >= 15 is 0 Å². The molecule has 1 heterocycles. The van der Waals surface area contributed by atoms with Gasteiger partial charge in [-0.2, -0.15) is 0 Å². The largest absolute Gasteiger partial charge is 0.489 e. The number of hydrogen-bond donors (Lipinski definition) is 2. The molecule has 0 aliphatic heterocycles. The van der Waals surface area contributed by atoms with E-state index in [2.05, 4.69) is 48.6 Å². The fourth-order valence-electron chi connectivity index (χ4n) is 2.22. The summed E-state index contributed by atoms with van der Waals surface area (Å²) in [5, 5.41) is 8.83. The van der Waals surface area contributed by atoms with Crippen molar-refractivity contribution in [2.75, 3.05) is 13.2 Å². The standard InChI is InChI=1S/C19H25N3OS.HI/c1-4-12-23-17-10-7-6-9-16(17)14-21-19(20-5-2)22-15(3)18-11-8-13-24-18;/h4,6-11,13,15H,1,5,12,14H2,2-3H3,(H2,20,21,22);1H. The number of ether oxygens (including phenoxy) is 1. The van der Waals surface area contributed by atoms with Crippen molar-refractivity contribution < 1.29 is 4.74 Å². The third-order valence-electron chi connectivity index (χ3n) is 3.40. The topological polar surface area (TPSA) is 45.6 Å². The Kier molecular flexibility index (Phi) is 10.3. The van der Waals surface area contributed by atoms with Gasteiger partial charge in [-0.25, -0.2) is 4.99 Å². The second-order valence-electron chi connectivity index (χ2n) is 5.28. The number of hydrogen-bond acceptors (Lipinski definition) is 3. The van der Waals surface area contributed by atoms with Crippen molar-refractivity contribution >= 4 is 41.3 Å². The highest BCUT2D eigenvalue weighted by Gasteiger charge is 2.09. The van der Waals surface area contributed by atoms with Crippen LogP contribution in [0.4, 0.5) is 0 Å². The van der Waals surface area contributed by atoms with E-state index in [4.69, 9.17) is 9.73 Å². The molecule has 25 heavy (non-hydrogen) atoms. The molecule has 6 heteroatoms. The highest BCUT2D eigenvalue weighted by Crippen LogP contribution is 2.20. The number of guanidine groups is 1. The Hall–Kier alpha value is -1.54. The van der Waals surface area contributed by atoms with Gasteiger partial charge in [0.15, 0.2) is 5.96 Å². The fraction of sp³-hybridized carbons (Fsp3) is 0.316. The average Bonchev–Trinajstić information content (AvgIpc) is 3.13. The molecule has 0 amide bonds. The summed E-state index contributed by atoms with van der Waals surface area (Å²) in [4.78, 5) is 5.98. The molecule has 2 rings (SSSR count).